The van der Waals surface area contributed by atoms with Gasteiger partial charge in [-0.15, -0.1) is 0 Å². The maximum absolute atomic E-state index is 13.3. The first-order valence-electron chi connectivity index (χ1n) is 7.46. The molecule has 0 atom stereocenters. The Labute approximate surface area is 135 Å². The van der Waals surface area contributed by atoms with Gasteiger partial charge >= 0.3 is 0 Å². The molecule has 0 aliphatic heterocycles. The zero-order chi connectivity index (χ0) is 16.5. The minimum Gasteiger partial charge on any atom is -0.497 e. The van der Waals surface area contributed by atoms with Gasteiger partial charge in [-0.1, -0.05) is 24.3 Å². The zero-order valence-corrected chi connectivity index (χ0v) is 13.0. The molecular weight excluding hydrogens is 297 g/mol. The van der Waals surface area contributed by atoms with Crippen molar-refractivity contribution in [1.29, 1.82) is 0 Å². The van der Waals surface area contributed by atoms with Crippen LogP contribution in [0.1, 0.15) is 12.0 Å². The normalized spacial score (nSPS) is 10.2. The van der Waals surface area contributed by atoms with Crippen molar-refractivity contribution in [2.24, 2.45) is 0 Å². The van der Waals surface area contributed by atoms with Crippen LogP contribution in [0.15, 0.2) is 48.5 Å². The average molecular weight is 317 g/mol. The summed E-state index contributed by atoms with van der Waals surface area (Å²) in [5.41, 5.74) is 0.893. The van der Waals surface area contributed by atoms with Gasteiger partial charge in [0, 0.05) is 6.54 Å². The van der Waals surface area contributed by atoms with Crippen molar-refractivity contribution in [3.8, 4) is 11.5 Å². The van der Waals surface area contributed by atoms with E-state index in [1.165, 1.54) is 6.07 Å². The third-order valence-corrected chi connectivity index (χ3v) is 3.24. The van der Waals surface area contributed by atoms with E-state index in [1.807, 2.05) is 24.3 Å². The van der Waals surface area contributed by atoms with Crippen LogP contribution in [0.4, 0.5) is 4.39 Å². The SMILES string of the molecule is COc1cccc(CC(=O)NCCCOc2ccccc2F)c1. The van der Waals surface area contributed by atoms with Crippen LogP contribution in [-0.4, -0.2) is 26.2 Å². The molecule has 0 aliphatic rings. The number of carbonyl (C=O) groups excluding carboxylic acids is 1. The van der Waals surface area contributed by atoms with Crippen LogP contribution in [0.2, 0.25) is 0 Å². The van der Waals surface area contributed by atoms with Crippen LogP contribution in [-0.2, 0) is 11.2 Å². The molecule has 0 radical (unpaired) electrons. The van der Waals surface area contributed by atoms with E-state index in [1.54, 1.807) is 25.3 Å². The molecule has 0 bridgehead atoms. The second-order valence-electron chi connectivity index (χ2n) is 5.01. The summed E-state index contributed by atoms with van der Waals surface area (Å²) < 4.78 is 23.8. The van der Waals surface area contributed by atoms with Gasteiger partial charge in [0.05, 0.1) is 20.1 Å². The van der Waals surface area contributed by atoms with Gasteiger partial charge in [0.1, 0.15) is 5.75 Å². The van der Waals surface area contributed by atoms with Crippen molar-refractivity contribution in [2.45, 2.75) is 12.8 Å². The van der Waals surface area contributed by atoms with Crippen molar-refractivity contribution < 1.29 is 18.7 Å². The molecule has 0 saturated carbocycles. The molecule has 2 aromatic carbocycles. The number of benzene rings is 2. The van der Waals surface area contributed by atoms with Crippen LogP contribution in [0.25, 0.3) is 0 Å². The van der Waals surface area contributed by atoms with E-state index < -0.39 is 0 Å². The molecule has 0 heterocycles. The Morgan fingerprint density at radius 2 is 2.00 bits per heavy atom. The van der Waals surface area contributed by atoms with Crippen molar-refractivity contribution in [2.75, 3.05) is 20.3 Å². The van der Waals surface area contributed by atoms with Gasteiger partial charge < -0.3 is 14.8 Å². The van der Waals surface area contributed by atoms with Gasteiger partial charge in [0.15, 0.2) is 11.6 Å². The minimum absolute atomic E-state index is 0.0656. The molecule has 0 unspecified atom stereocenters. The smallest absolute Gasteiger partial charge is 0.224 e. The maximum Gasteiger partial charge on any atom is 0.224 e. The van der Waals surface area contributed by atoms with Crippen LogP contribution in [0.3, 0.4) is 0 Å². The lowest BCUT2D eigenvalue weighted by atomic mass is 10.1. The highest BCUT2D eigenvalue weighted by Crippen LogP contribution is 2.15. The Balaban J connectivity index is 1.66. The molecule has 1 N–H and O–H groups in total. The first kappa shape index (κ1) is 16.8. The highest BCUT2D eigenvalue weighted by molar-refractivity contribution is 5.78. The van der Waals surface area contributed by atoms with Crippen molar-refractivity contribution in [3.05, 3.63) is 59.9 Å². The number of para-hydroxylation sites is 1. The lowest BCUT2D eigenvalue weighted by Crippen LogP contribution is -2.27. The van der Waals surface area contributed by atoms with E-state index in [-0.39, 0.29) is 17.5 Å². The van der Waals surface area contributed by atoms with Crippen LogP contribution < -0.4 is 14.8 Å². The number of amides is 1. The van der Waals surface area contributed by atoms with Crippen molar-refractivity contribution >= 4 is 5.91 Å². The van der Waals surface area contributed by atoms with Crippen molar-refractivity contribution in [1.82, 2.24) is 5.32 Å². The number of ether oxygens (including phenoxy) is 2. The summed E-state index contributed by atoms with van der Waals surface area (Å²) >= 11 is 0. The Bertz CT molecular complexity index is 646. The quantitative estimate of drug-likeness (QED) is 0.762. The molecule has 122 valence electrons. The summed E-state index contributed by atoms with van der Waals surface area (Å²) in [5, 5.41) is 2.82. The molecule has 0 aliphatic carbocycles. The van der Waals surface area contributed by atoms with Gasteiger partial charge in [-0.25, -0.2) is 4.39 Å². The van der Waals surface area contributed by atoms with E-state index in [0.717, 1.165) is 11.3 Å². The van der Waals surface area contributed by atoms with Gasteiger partial charge in [0.25, 0.3) is 0 Å². The summed E-state index contributed by atoms with van der Waals surface area (Å²) in [6, 6.07) is 13.7. The molecule has 1 amide bonds. The van der Waals surface area contributed by atoms with E-state index in [9.17, 15) is 9.18 Å². The van der Waals surface area contributed by atoms with Gasteiger partial charge in [-0.3, -0.25) is 4.79 Å². The first-order chi connectivity index (χ1) is 11.2. The average Bonchev–Trinajstić information content (AvgIpc) is 2.56. The highest BCUT2D eigenvalue weighted by atomic mass is 19.1. The highest BCUT2D eigenvalue weighted by Gasteiger charge is 2.05. The summed E-state index contributed by atoms with van der Waals surface area (Å²) in [7, 11) is 1.59. The predicted octanol–water partition coefficient (Wildman–Crippen LogP) is 2.96. The molecular formula is C18H20FNO3. The number of methoxy groups -OCH3 is 1. The molecule has 4 nitrogen and oxygen atoms in total. The molecule has 0 aromatic heterocycles. The molecule has 0 fully saturated rings. The monoisotopic (exact) mass is 317 g/mol. The molecule has 2 aromatic rings. The summed E-state index contributed by atoms with van der Waals surface area (Å²) in [6.45, 7) is 0.831. The number of rotatable bonds is 8. The molecule has 5 heteroatoms. The largest absolute Gasteiger partial charge is 0.497 e. The fourth-order valence-corrected chi connectivity index (χ4v) is 2.07. The van der Waals surface area contributed by atoms with Crippen molar-refractivity contribution in [3.63, 3.8) is 0 Å². The first-order valence-corrected chi connectivity index (χ1v) is 7.46. The second-order valence-corrected chi connectivity index (χ2v) is 5.01. The van der Waals surface area contributed by atoms with Gasteiger partial charge in [0.2, 0.25) is 5.91 Å². The van der Waals surface area contributed by atoms with Gasteiger partial charge in [-0.05, 0) is 36.2 Å². The van der Waals surface area contributed by atoms with Crippen LogP contribution in [0, 0.1) is 5.82 Å². The molecule has 0 spiro atoms. The molecule has 23 heavy (non-hydrogen) atoms. The third kappa shape index (κ3) is 5.62. The lowest BCUT2D eigenvalue weighted by Gasteiger charge is -2.08. The number of hydrogen-bond acceptors (Lipinski definition) is 3. The Kier molecular flexibility index (Phi) is 6.41. The Hall–Kier alpha value is -2.56. The van der Waals surface area contributed by atoms with E-state index >= 15 is 0 Å². The van der Waals surface area contributed by atoms with E-state index in [2.05, 4.69) is 5.32 Å². The minimum atomic E-state index is -0.380. The fraction of sp³-hybridized carbons (Fsp3) is 0.278. The number of carbonyl (C=O) groups is 1. The maximum atomic E-state index is 13.3. The number of halogens is 1. The standard InChI is InChI=1S/C18H20FNO3/c1-22-15-7-4-6-14(12-15)13-18(21)20-10-5-11-23-17-9-3-2-8-16(17)19/h2-4,6-9,12H,5,10-11,13H2,1H3,(H,20,21). The van der Waals surface area contributed by atoms with Crippen LogP contribution >= 0.6 is 0 Å². The molecule has 0 saturated heterocycles. The lowest BCUT2D eigenvalue weighted by molar-refractivity contribution is -0.120. The summed E-state index contributed by atoms with van der Waals surface area (Å²) in [5.74, 6) is 0.516. The summed E-state index contributed by atoms with van der Waals surface area (Å²) in [6.07, 6.45) is 0.906. The molecule has 2 rings (SSSR count). The van der Waals surface area contributed by atoms with Gasteiger partial charge in [-0.2, -0.15) is 0 Å². The number of nitrogens with one attached hydrogen (secondary N) is 1. The van der Waals surface area contributed by atoms with Crippen LogP contribution in [0.5, 0.6) is 11.5 Å². The zero-order valence-electron chi connectivity index (χ0n) is 13.0. The second kappa shape index (κ2) is 8.78. The third-order valence-electron chi connectivity index (χ3n) is 3.24. The van der Waals surface area contributed by atoms with E-state index in [4.69, 9.17) is 9.47 Å². The number of hydrogen-bond donors (Lipinski definition) is 1. The predicted molar refractivity (Wildman–Crippen MR) is 86.2 cm³/mol. The fourth-order valence-electron chi connectivity index (χ4n) is 2.07. The van der Waals surface area contributed by atoms with E-state index in [0.29, 0.717) is 26.0 Å². The summed E-state index contributed by atoms with van der Waals surface area (Å²) in [4.78, 5) is 11.8. The Morgan fingerprint density at radius 3 is 2.78 bits per heavy atom. The Morgan fingerprint density at radius 1 is 1.17 bits per heavy atom. The topological polar surface area (TPSA) is 47.6 Å².